The van der Waals surface area contributed by atoms with E-state index in [4.69, 9.17) is 0 Å². The molecule has 1 saturated heterocycles. The van der Waals surface area contributed by atoms with Crippen LogP contribution in [0.4, 0.5) is 0 Å². The molecule has 2 atom stereocenters. The van der Waals surface area contributed by atoms with E-state index in [0.717, 1.165) is 25.8 Å². The number of hydrogen-bond acceptors (Lipinski definition) is 3. The highest BCUT2D eigenvalue weighted by molar-refractivity contribution is 5.81. The Labute approximate surface area is 108 Å². The molecule has 2 N–H and O–H groups in total. The summed E-state index contributed by atoms with van der Waals surface area (Å²) >= 11 is 0. The van der Waals surface area contributed by atoms with Crippen molar-refractivity contribution in [3.63, 3.8) is 0 Å². The summed E-state index contributed by atoms with van der Waals surface area (Å²) in [5.41, 5.74) is 0. The van der Waals surface area contributed by atoms with Crippen LogP contribution in [0.1, 0.15) is 32.6 Å². The van der Waals surface area contributed by atoms with Crippen molar-refractivity contribution in [2.45, 2.75) is 51.2 Å². The van der Waals surface area contributed by atoms with Gasteiger partial charge in [0, 0.05) is 31.5 Å². The van der Waals surface area contributed by atoms with Crippen molar-refractivity contribution in [2.75, 3.05) is 6.54 Å². The number of nitrogens with one attached hydrogen (secondary N) is 2. The number of carbonyl (C=O) groups is 1. The lowest BCUT2D eigenvalue weighted by atomic mass is 9.99. The Kier molecular flexibility index (Phi) is 4.75. The second-order valence-corrected chi connectivity index (χ2v) is 4.96. The van der Waals surface area contributed by atoms with Gasteiger partial charge in [-0.05, 0) is 38.7 Å². The van der Waals surface area contributed by atoms with Gasteiger partial charge in [0.1, 0.15) is 0 Å². The summed E-state index contributed by atoms with van der Waals surface area (Å²) in [5.74, 6) is 0.141. The van der Waals surface area contributed by atoms with Gasteiger partial charge in [0.2, 0.25) is 5.91 Å². The number of carbonyl (C=O) groups excluding carboxylic acids is 1. The minimum Gasteiger partial charge on any atom is -0.355 e. The molecule has 1 amide bonds. The maximum absolute atomic E-state index is 11.9. The van der Waals surface area contributed by atoms with E-state index in [9.17, 15) is 4.79 Å². The zero-order valence-corrected chi connectivity index (χ0v) is 10.9. The van der Waals surface area contributed by atoms with Gasteiger partial charge in [-0.3, -0.25) is 9.48 Å². The van der Waals surface area contributed by atoms with E-state index in [-0.39, 0.29) is 11.9 Å². The highest BCUT2D eigenvalue weighted by Gasteiger charge is 2.23. The Balaban J connectivity index is 1.62. The molecule has 1 aromatic rings. The molecule has 1 aliphatic heterocycles. The molecule has 2 unspecified atom stereocenters. The predicted molar refractivity (Wildman–Crippen MR) is 70.1 cm³/mol. The lowest BCUT2D eigenvalue weighted by molar-refractivity contribution is -0.123. The smallest absolute Gasteiger partial charge is 0.237 e. The van der Waals surface area contributed by atoms with Crippen molar-refractivity contribution in [2.24, 2.45) is 0 Å². The molecule has 5 heteroatoms. The van der Waals surface area contributed by atoms with E-state index in [0.29, 0.717) is 12.6 Å². The van der Waals surface area contributed by atoms with Crippen LogP contribution in [0.15, 0.2) is 18.5 Å². The lowest BCUT2D eigenvalue weighted by Gasteiger charge is -2.27. The second-order valence-electron chi connectivity index (χ2n) is 4.96. The van der Waals surface area contributed by atoms with Gasteiger partial charge in [0.25, 0.3) is 0 Å². The maximum atomic E-state index is 11.9. The van der Waals surface area contributed by atoms with Crippen molar-refractivity contribution in [3.8, 4) is 0 Å². The third-order valence-corrected chi connectivity index (χ3v) is 3.35. The number of hydrogen-bond donors (Lipinski definition) is 2. The molecule has 0 saturated carbocycles. The number of rotatable bonds is 5. The van der Waals surface area contributed by atoms with E-state index < -0.39 is 0 Å². The van der Waals surface area contributed by atoms with Gasteiger partial charge >= 0.3 is 0 Å². The van der Waals surface area contributed by atoms with E-state index >= 15 is 0 Å². The summed E-state index contributed by atoms with van der Waals surface area (Å²) in [5, 5.41) is 10.5. The van der Waals surface area contributed by atoms with Crippen molar-refractivity contribution in [3.05, 3.63) is 18.5 Å². The zero-order valence-electron chi connectivity index (χ0n) is 10.9. The topological polar surface area (TPSA) is 59.0 Å². The van der Waals surface area contributed by atoms with Gasteiger partial charge in [0.05, 0.1) is 6.04 Å². The molecule has 18 heavy (non-hydrogen) atoms. The zero-order chi connectivity index (χ0) is 12.8. The molecule has 1 fully saturated rings. The number of aryl methyl sites for hydroxylation is 1. The van der Waals surface area contributed by atoms with Crippen molar-refractivity contribution in [1.29, 1.82) is 0 Å². The molecule has 2 rings (SSSR count). The molecule has 5 nitrogen and oxygen atoms in total. The molecule has 2 heterocycles. The van der Waals surface area contributed by atoms with Crippen LogP contribution in [0.5, 0.6) is 0 Å². The van der Waals surface area contributed by atoms with Gasteiger partial charge in [0.15, 0.2) is 0 Å². The normalized spacial score (nSPS) is 23.8. The average molecular weight is 250 g/mol. The summed E-state index contributed by atoms with van der Waals surface area (Å²) in [4.78, 5) is 11.9. The summed E-state index contributed by atoms with van der Waals surface area (Å²) in [6.45, 7) is 3.70. The highest BCUT2D eigenvalue weighted by Crippen LogP contribution is 2.12. The minimum absolute atomic E-state index is 0.00143. The Morgan fingerprint density at radius 3 is 3.17 bits per heavy atom. The van der Waals surface area contributed by atoms with Crippen LogP contribution in [0.25, 0.3) is 0 Å². The third kappa shape index (κ3) is 3.84. The fourth-order valence-electron chi connectivity index (χ4n) is 2.35. The van der Waals surface area contributed by atoms with Crippen LogP contribution in [0.2, 0.25) is 0 Å². The first kappa shape index (κ1) is 13.1. The second kappa shape index (κ2) is 6.54. The van der Waals surface area contributed by atoms with Crippen LogP contribution in [-0.4, -0.2) is 34.3 Å². The predicted octanol–water partition coefficient (Wildman–Crippen LogP) is 0.920. The SMILES string of the molecule is CC1CCCC(C(=O)NCCCn2cccn2)N1. The maximum Gasteiger partial charge on any atom is 0.237 e. The fourth-order valence-corrected chi connectivity index (χ4v) is 2.35. The van der Waals surface area contributed by atoms with Crippen molar-refractivity contribution in [1.82, 2.24) is 20.4 Å². The van der Waals surface area contributed by atoms with Crippen molar-refractivity contribution >= 4 is 5.91 Å². The minimum atomic E-state index is -0.00143. The van der Waals surface area contributed by atoms with Crippen molar-refractivity contribution < 1.29 is 4.79 Å². The van der Waals surface area contributed by atoms with Crippen LogP contribution in [0, 0.1) is 0 Å². The average Bonchev–Trinajstić information content (AvgIpc) is 2.87. The first-order valence-corrected chi connectivity index (χ1v) is 6.77. The van der Waals surface area contributed by atoms with Gasteiger partial charge in [-0.15, -0.1) is 0 Å². The van der Waals surface area contributed by atoms with E-state index in [1.54, 1.807) is 6.20 Å². The molecule has 0 aliphatic carbocycles. The summed E-state index contributed by atoms with van der Waals surface area (Å²) < 4.78 is 1.88. The molecular formula is C13H22N4O. The highest BCUT2D eigenvalue weighted by atomic mass is 16.2. The Morgan fingerprint density at radius 2 is 2.44 bits per heavy atom. The monoisotopic (exact) mass is 250 g/mol. The summed E-state index contributed by atoms with van der Waals surface area (Å²) in [7, 11) is 0. The first-order chi connectivity index (χ1) is 8.75. The van der Waals surface area contributed by atoms with Crippen LogP contribution in [-0.2, 0) is 11.3 Å². The Hall–Kier alpha value is -1.36. The molecule has 1 aromatic heterocycles. The largest absolute Gasteiger partial charge is 0.355 e. The fraction of sp³-hybridized carbons (Fsp3) is 0.692. The molecule has 1 aliphatic rings. The first-order valence-electron chi connectivity index (χ1n) is 6.77. The van der Waals surface area contributed by atoms with Crippen LogP contribution < -0.4 is 10.6 Å². The quantitative estimate of drug-likeness (QED) is 0.764. The molecule has 0 spiro atoms. The number of piperidine rings is 1. The molecule has 0 aromatic carbocycles. The summed E-state index contributed by atoms with van der Waals surface area (Å²) in [6.07, 6.45) is 7.88. The van der Waals surface area contributed by atoms with E-state index in [2.05, 4.69) is 22.7 Å². The molecule has 0 radical (unpaired) electrons. The molecule has 100 valence electrons. The Bertz CT molecular complexity index is 363. The standard InChI is InChI=1S/C13H22N4O/c1-11-5-2-6-12(16-11)13(18)14-7-3-9-17-10-4-8-15-17/h4,8,10-12,16H,2-3,5-7,9H2,1H3,(H,14,18). The lowest BCUT2D eigenvalue weighted by Crippen LogP contribution is -2.50. The molecular weight excluding hydrogens is 228 g/mol. The number of nitrogens with zero attached hydrogens (tertiary/aromatic N) is 2. The molecule has 0 bridgehead atoms. The third-order valence-electron chi connectivity index (χ3n) is 3.35. The Morgan fingerprint density at radius 1 is 1.56 bits per heavy atom. The van der Waals surface area contributed by atoms with Crippen LogP contribution in [0.3, 0.4) is 0 Å². The van der Waals surface area contributed by atoms with Gasteiger partial charge in [-0.2, -0.15) is 5.10 Å². The van der Waals surface area contributed by atoms with E-state index in [1.165, 1.54) is 6.42 Å². The number of amides is 1. The van der Waals surface area contributed by atoms with Gasteiger partial charge in [-0.25, -0.2) is 0 Å². The summed E-state index contributed by atoms with van der Waals surface area (Å²) in [6, 6.07) is 2.36. The number of aromatic nitrogens is 2. The van der Waals surface area contributed by atoms with Gasteiger partial charge < -0.3 is 10.6 Å². The van der Waals surface area contributed by atoms with Crippen LogP contribution >= 0.6 is 0 Å². The van der Waals surface area contributed by atoms with Gasteiger partial charge in [-0.1, -0.05) is 0 Å². The van der Waals surface area contributed by atoms with E-state index in [1.807, 2.05) is 16.9 Å².